The maximum Gasteiger partial charge on any atom is 0.291 e. The van der Waals surface area contributed by atoms with Crippen LogP contribution >= 0.6 is 11.6 Å². The van der Waals surface area contributed by atoms with Gasteiger partial charge in [-0.2, -0.15) is 0 Å². The van der Waals surface area contributed by atoms with Gasteiger partial charge in [0.1, 0.15) is 0 Å². The van der Waals surface area contributed by atoms with Gasteiger partial charge in [0.2, 0.25) is 0 Å². The highest BCUT2D eigenvalue weighted by Gasteiger charge is 2.23. The number of hydrogen-bond acceptors (Lipinski definition) is 4. The van der Waals surface area contributed by atoms with Gasteiger partial charge in [-0.25, -0.2) is 0 Å². The minimum Gasteiger partial charge on any atom is -0.449 e. The smallest absolute Gasteiger partial charge is 0.291 e. The maximum absolute atomic E-state index is 12.4. The molecule has 7 heteroatoms. The Balaban J connectivity index is 1.38. The van der Waals surface area contributed by atoms with Gasteiger partial charge in [0.25, 0.3) is 11.8 Å². The summed E-state index contributed by atoms with van der Waals surface area (Å²) >= 11 is 6.16. The number of halogens is 1. The van der Waals surface area contributed by atoms with Crippen molar-refractivity contribution in [1.29, 1.82) is 0 Å². The molecule has 0 bridgehead atoms. The minimum absolute atomic E-state index is 0.148. The van der Waals surface area contributed by atoms with E-state index in [0.29, 0.717) is 34.1 Å². The molecular formula is C23H24ClN3O3. The fourth-order valence-corrected chi connectivity index (χ4v) is 3.84. The monoisotopic (exact) mass is 425 g/mol. The van der Waals surface area contributed by atoms with Crippen molar-refractivity contribution in [2.24, 2.45) is 0 Å². The molecule has 156 valence electrons. The van der Waals surface area contributed by atoms with Crippen LogP contribution in [0.1, 0.15) is 35.2 Å². The number of carbonyl (C=O) groups is 2. The first kappa shape index (κ1) is 20.4. The molecule has 2 heterocycles. The Morgan fingerprint density at radius 1 is 1.20 bits per heavy atom. The SMILES string of the molecule is O=C1Nc2cc(C(=O)NCCCN3CCCC3)ccc2O/C1=C\c1ccccc1Cl. The number of ether oxygens (including phenoxy) is 1. The summed E-state index contributed by atoms with van der Waals surface area (Å²) < 4.78 is 5.75. The molecule has 2 aliphatic heterocycles. The van der Waals surface area contributed by atoms with Crippen LogP contribution in [0.25, 0.3) is 6.08 Å². The van der Waals surface area contributed by atoms with Gasteiger partial charge in [-0.3, -0.25) is 9.59 Å². The summed E-state index contributed by atoms with van der Waals surface area (Å²) in [5.74, 6) is 0.0877. The van der Waals surface area contributed by atoms with Crippen LogP contribution in [0.5, 0.6) is 5.75 Å². The average Bonchev–Trinajstić information content (AvgIpc) is 3.26. The van der Waals surface area contributed by atoms with Crippen molar-refractivity contribution in [3.8, 4) is 5.75 Å². The Morgan fingerprint density at radius 2 is 2.00 bits per heavy atom. The molecule has 0 radical (unpaired) electrons. The van der Waals surface area contributed by atoms with Gasteiger partial charge in [0.15, 0.2) is 11.5 Å². The second-order valence-electron chi connectivity index (χ2n) is 7.46. The zero-order valence-corrected chi connectivity index (χ0v) is 17.4. The highest BCUT2D eigenvalue weighted by molar-refractivity contribution is 6.32. The third-order valence-electron chi connectivity index (χ3n) is 5.26. The quantitative estimate of drug-likeness (QED) is 0.543. The second-order valence-corrected chi connectivity index (χ2v) is 7.86. The predicted octanol–water partition coefficient (Wildman–Crippen LogP) is 3.93. The van der Waals surface area contributed by atoms with Crippen LogP contribution in [0, 0.1) is 0 Å². The fraction of sp³-hybridized carbons (Fsp3) is 0.304. The highest BCUT2D eigenvalue weighted by Crippen LogP contribution is 2.33. The Hall–Kier alpha value is -2.83. The molecule has 4 rings (SSSR count). The van der Waals surface area contributed by atoms with E-state index < -0.39 is 0 Å². The van der Waals surface area contributed by atoms with E-state index in [0.717, 1.165) is 26.1 Å². The molecule has 2 aromatic carbocycles. The summed E-state index contributed by atoms with van der Waals surface area (Å²) in [7, 11) is 0. The lowest BCUT2D eigenvalue weighted by atomic mass is 10.1. The number of likely N-dealkylation sites (tertiary alicyclic amines) is 1. The summed E-state index contributed by atoms with van der Waals surface area (Å²) in [5, 5.41) is 6.26. The minimum atomic E-state index is -0.384. The average molecular weight is 426 g/mol. The van der Waals surface area contributed by atoms with Gasteiger partial charge in [-0.05, 0) is 74.8 Å². The van der Waals surface area contributed by atoms with Crippen LogP contribution in [0.4, 0.5) is 5.69 Å². The number of rotatable bonds is 6. The first-order valence-corrected chi connectivity index (χ1v) is 10.6. The van der Waals surface area contributed by atoms with Crippen LogP contribution < -0.4 is 15.4 Å². The Labute approximate surface area is 180 Å². The molecular weight excluding hydrogens is 402 g/mol. The third kappa shape index (κ3) is 4.83. The number of fused-ring (bicyclic) bond motifs is 1. The Bertz CT molecular complexity index is 983. The number of carbonyl (C=O) groups excluding carboxylic acids is 2. The van der Waals surface area contributed by atoms with E-state index in [9.17, 15) is 9.59 Å². The van der Waals surface area contributed by atoms with Crippen LogP contribution in [0.3, 0.4) is 0 Å². The number of nitrogens with one attached hydrogen (secondary N) is 2. The van der Waals surface area contributed by atoms with E-state index in [1.165, 1.54) is 12.8 Å². The largest absolute Gasteiger partial charge is 0.449 e. The molecule has 2 N–H and O–H groups in total. The van der Waals surface area contributed by atoms with Crippen molar-refractivity contribution >= 4 is 35.2 Å². The van der Waals surface area contributed by atoms with Crippen molar-refractivity contribution in [1.82, 2.24) is 10.2 Å². The van der Waals surface area contributed by atoms with Crippen molar-refractivity contribution in [3.63, 3.8) is 0 Å². The molecule has 0 unspecified atom stereocenters. The topological polar surface area (TPSA) is 70.7 Å². The van der Waals surface area contributed by atoms with Gasteiger partial charge in [-0.15, -0.1) is 0 Å². The first-order chi connectivity index (χ1) is 14.6. The highest BCUT2D eigenvalue weighted by atomic mass is 35.5. The number of hydrogen-bond donors (Lipinski definition) is 2. The third-order valence-corrected chi connectivity index (χ3v) is 5.61. The van der Waals surface area contributed by atoms with Crippen molar-refractivity contribution < 1.29 is 14.3 Å². The van der Waals surface area contributed by atoms with Gasteiger partial charge < -0.3 is 20.3 Å². The van der Waals surface area contributed by atoms with Crippen molar-refractivity contribution in [2.45, 2.75) is 19.3 Å². The van der Waals surface area contributed by atoms with Crippen LogP contribution in [-0.2, 0) is 4.79 Å². The fourth-order valence-electron chi connectivity index (χ4n) is 3.65. The lowest BCUT2D eigenvalue weighted by molar-refractivity contribution is -0.115. The molecule has 6 nitrogen and oxygen atoms in total. The summed E-state index contributed by atoms with van der Waals surface area (Å²) in [5.41, 5.74) is 1.65. The zero-order valence-electron chi connectivity index (χ0n) is 16.6. The van der Waals surface area contributed by atoms with Gasteiger partial charge >= 0.3 is 0 Å². The summed E-state index contributed by atoms with van der Waals surface area (Å²) in [6.45, 7) is 3.95. The first-order valence-electron chi connectivity index (χ1n) is 10.2. The van der Waals surface area contributed by atoms with E-state index in [1.54, 1.807) is 36.4 Å². The van der Waals surface area contributed by atoms with Gasteiger partial charge in [-0.1, -0.05) is 29.8 Å². The van der Waals surface area contributed by atoms with Gasteiger partial charge in [0.05, 0.1) is 5.69 Å². The van der Waals surface area contributed by atoms with Crippen molar-refractivity contribution in [2.75, 3.05) is 31.5 Å². The molecule has 0 atom stereocenters. The van der Waals surface area contributed by atoms with E-state index >= 15 is 0 Å². The molecule has 0 saturated carbocycles. The molecule has 0 aliphatic carbocycles. The second kappa shape index (κ2) is 9.32. The maximum atomic E-state index is 12.4. The predicted molar refractivity (Wildman–Crippen MR) is 118 cm³/mol. The van der Waals surface area contributed by atoms with E-state index in [2.05, 4.69) is 15.5 Å². The normalized spacial score (nSPS) is 17.4. The molecule has 2 amide bonds. The zero-order chi connectivity index (χ0) is 20.9. The van der Waals surface area contributed by atoms with Crippen LogP contribution in [-0.4, -0.2) is 42.9 Å². The number of amides is 2. The lowest BCUT2D eigenvalue weighted by Gasteiger charge is -2.20. The Morgan fingerprint density at radius 3 is 2.80 bits per heavy atom. The number of nitrogens with zero attached hydrogens (tertiary/aromatic N) is 1. The molecule has 2 aromatic rings. The summed E-state index contributed by atoms with van der Waals surface area (Å²) in [4.78, 5) is 27.3. The van der Waals surface area contributed by atoms with Crippen molar-refractivity contribution in [3.05, 3.63) is 64.4 Å². The molecule has 1 saturated heterocycles. The summed E-state index contributed by atoms with van der Waals surface area (Å²) in [6.07, 6.45) is 5.06. The van der Waals surface area contributed by atoms with Crippen LogP contribution in [0.15, 0.2) is 48.2 Å². The van der Waals surface area contributed by atoms with Gasteiger partial charge in [0, 0.05) is 17.1 Å². The molecule has 0 spiro atoms. The molecule has 0 aromatic heterocycles. The number of benzene rings is 2. The van der Waals surface area contributed by atoms with E-state index in [1.807, 2.05) is 12.1 Å². The van der Waals surface area contributed by atoms with E-state index in [4.69, 9.17) is 16.3 Å². The lowest BCUT2D eigenvalue weighted by Crippen LogP contribution is -2.29. The standard InChI is InChI=1S/C23H24ClN3O3/c24-18-7-2-1-6-16(18)15-21-23(29)26-19-14-17(8-9-20(19)30-21)22(28)25-10-5-13-27-11-3-4-12-27/h1-2,6-9,14-15H,3-5,10-13H2,(H,25,28)(H,26,29)/b21-15-. The molecule has 1 fully saturated rings. The summed E-state index contributed by atoms with van der Waals surface area (Å²) in [6, 6.07) is 12.2. The Kier molecular flexibility index (Phi) is 6.35. The van der Waals surface area contributed by atoms with E-state index in [-0.39, 0.29) is 17.6 Å². The van der Waals surface area contributed by atoms with Crippen LogP contribution in [0.2, 0.25) is 5.02 Å². The molecule has 2 aliphatic rings. The molecule has 30 heavy (non-hydrogen) atoms. The number of anilines is 1.